The molecule has 3 rings (SSSR count). The molecule has 0 radical (unpaired) electrons. The molecule has 12 heteroatoms. The number of ether oxygens (including phenoxy) is 1. The molecule has 0 spiro atoms. The molecule has 3 aromatic rings. The van der Waals surface area contributed by atoms with E-state index in [4.69, 9.17) is 10.5 Å². The van der Waals surface area contributed by atoms with Gasteiger partial charge in [-0.2, -0.15) is 0 Å². The number of hydrogen-bond donors (Lipinski definition) is 4. The van der Waals surface area contributed by atoms with Gasteiger partial charge in [-0.05, 0) is 29.3 Å². The van der Waals surface area contributed by atoms with Crippen molar-refractivity contribution in [2.75, 3.05) is 0 Å². The number of rotatable bonds is 12. The number of H-pyrrole nitrogens is 1. The van der Waals surface area contributed by atoms with Crippen LogP contribution in [0.3, 0.4) is 0 Å². The molecule has 5 N–H and O–H groups in total. The van der Waals surface area contributed by atoms with Crippen molar-refractivity contribution in [2.24, 2.45) is 5.73 Å². The average Bonchev–Trinajstić information content (AvgIpc) is 3.24. The number of nitro benzene ring substituents is 1. The first kappa shape index (κ1) is 24.9. The molecule has 0 unspecified atom stereocenters. The molecule has 1 heterocycles. The van der Waals surface area contributed by atoms with E-state index in [1.54, 1.807) is 6.20 Å². The third-order valence-electron chi connectivity index (χ3n) is 5.22. The van der Waals surface area contributed by atoms with E-state index in [0.29, 0.717) is 12.0 Å². The molecule has 0 fully saturated rings. The van der Waals surface area contributed by atoms with Crippen molar-refractivity contribution in [3.05, 3.63) is 76.0 Å². The minimum Gasteiger partial charge on any atom is -0.459 e. The number of primary amides is 1. The third-order valence-corrected chi connectivity index (χ3v) is 5.22. The van der Waals surface area contributed by atoms with Gasteiger partial charge in [0.2, 0.25) is 18.2 Å². The summed E-state index contributed by atoms with van der Waals surface area (Å²) in [4.78, 5) is 61.4. The molecule has 182 valence electrons. The monoisotopic (exact) mass is 481 g/mol. The minimum absolute atomic E-state index is 0.121. The first-order valence-electron chi connectivity index (χ1n) is 10.5. The summed E-state index contributed by atoms with van der Waals surface area (Å²) in [6.45, 7) is -0.243. The summed E-state index contributed by atoms with van der Waals surface area (Å²) in [6, 6.07) is 10.3. The predicted molar refractivity (Wildman–Crippen MR) is 124 cm³/mol. The summed E-state index contributed by atoms with van der Waals surface area (Å²) in [5.74, 6) is -2.48. The van der Waals surface area contributed by atoms with E-state index in [0.717, 1.165) is 16.5 Å². The fraction of sp³-hybridized carbons (Fsp3) is 0.217. The molecule has 1 aromatic heterocycles. The van der Waals surface area contributed by atoms with E-state index < -0.39 is 41.2 Å². The van der Waals surface area contributed by atoms with Crippen molar-refractivity contribution < 1.29 is 28.8 Å². The maximum Gasteiger partial charge on any atom is 0.329 e. The topological polar surface area (TPSA) is 187 Å². The molecule has 0 aliphatic carbocycles. The normalized spacial score (nSPS) is 12.3. The van der Waals surface area contributed by atoms with Gasteiger partial charge in [0.05, 0.1) is 11.3 Å². The number of aromatic amines is 1. The molecular formula is C23H23N5O7. The Bertz CT molecular complexity index is 1240. The van der Waals surface area contributed by atoms with Gasteiger partial charge in [-0.3, -0.25) is 24.5 Å². The highest BCUT2D eigenvalue weighted by Gasteiger charge is 2.28. The van der Waals surface area contributed by atoms with Gasteiger partial charge in [-0.1, -0.05) is 18.2 Å². The Morgan fingerprint density at radius 1 is 1.11 bits per heavy atom. The van der Waals surface area contributed by atoms with E-state index in [9.17, 15) is 29.3 Å². The van der Waals surface area contributed by atoms with E-state index in [1.807, 2.05) is 24.3 Å². The van der Waals surface area contributed by atoms with Crippen LogP contribution in [-0.4, -0.2) is 46.2 Å². The van der Waals surface area contributed by atoms with Crippen molar-refractivity contribution in [2.45, 2.75) is 31.5 Å². The van der Waals surface area contributed by atoms with Crippen LogP contribution >= 0.6 is 0 Å². The van der Waals surface area contributed by atoms with Gasteiger partial charge in [0, 0.05) is 35.7 Å². The lowest BCUT2D eigenvalue weighted by Crippen LogP contribution is -2.52. The molecule has 0 aliphatic rings. The van der Waals surface area contributed by atoms with Crippen molar-refractivity contribution in [1.29, 1.82) is 0 Å². The fourth-order valence-electron chi connectivity index (χ4n) is 3.47. The molecule has 3 amide bonds. The van der Waals surface area contributed by atoms with Gasteiger partial charge in [-0.15, -0.1) is 0 Å². The second kappa shape index (κ2) is 11.4. The number of esters is 1. The van der Waals surface area contributed by atoms with Gasteiger partial charge in [0.1, 0.15) is 18.7 Å². The van der Waals surface area contributed by atoms with E-state index >= 15 is 0 Å². The van der Waals surface area contributed by atoms with Gasteiger partial charge in [-0.25, -0.2) is 4.79 Å². The Hall–Kier alpha value is -4.74. The number of hydrogen-bond acceptors (Lipinski definition) is 7. The zero-order chi connectivity index (χ0) is 25.4. The Kier molecular flexibility index (Phi) is 8.11. The number of nitrogens with two attached hydrogens (primary N) is 1. The maximum absolute atomic E-state index is 12.9. The Labute approximate surface area is 199 Å². The summed E-state index contributed by atoms with van der Waals surface area (Å²) >= 11 is 0. The van der Waals surface area contributed by atoms with Crippen LogP contribution in [0.15, 0.2) is 54.7 Å². The van der Waals surface area contributed by atoms with E-state index in [1.165, 1.54) is 24.3 Å². The van der Waals surface area contributed by atoms with Crippen LogP contribution < -0.4 is 16.4 Å². The molecule has 12 nitrogen and oxygen atoms in total. The zero-order valence-corrected chi connectivity index (χ0v) is 18.4. The molecule has 0 bridgehead atoms. The molecule has 35 heavy (non-hydrogen) atoms. The quantitative estimate of drug-likeness (QED) is 0.128. The predicted octanol–water partition coefficient (Wildman–Crippen LogP) is 0.837. The summed E-state index contributed by atoms with van der Waals surface area (Å²) in [6.07, 6.45) is 1.69. The van der Waals surface area contributed by atoms with Crippen LogP contribution in [0.2, 0.25) is 0 Å². The third kappa shape index (κ3) is 6.63. The smallest absolute Gasteiger partial charge is 0.329 e. The number of para-hydroxylation sites is 1. The molecule has 2 aromatic carbocycles. The molecule has 2 atom stereocenters. The highest BCUT2D eigenvalue weighted by molar-refractivity contribution is 5.92. The largest absolute Gasteiger partial charge is 0.459 e. The van der Waals surface area contributed by atoms with Crippen LogP contribution in [0.25, 0.3) is 10.9 Å². The molecule has 0 aliphatic heterocycles. The van der Waals surface area contributed by atoms with Crippen molar-refractivity contribution >= 4 is 40.8 Å². The fourth-order valence-corrected chi connectivity index (χ4v) is 3.47. The highest BCUT2D eigenvalue weighted by Crippen LogP contribution is 2.19. The second-order valence-electron chi connectivity index (χ2n) is 7.66. The number of non-ortho nitro benzene ring substituents is 1. The van der Waals surface area contributed by atoms with Crippen LogP contribution in [0.4, 0.5) is 5.69 Å². The number of amides is 3. The number of aromatic nitrogens is 1. The average molecular weight is 481 g/mol. The SMILES string of the molecule is NC(=O)C[C@@H](NC(=O)[C@H](Cc1c[nH]c2ccccc12)NC=O)C(=O)OCc1ccc([N+](=O)[O-])cc1. The lowest BCUT2D eigenvalue weighted by molar-refractivity contribution is -0.384. The van der Waals surface area contributed by atoms with Gasteiger partial charge in [0.15, 0.2) is 0 Å². The lowest BCUT2D eigenvalue weighted by Gasteiger charge is -2.21. The van der Waals surface area contributed by atoms with Crippen molar-refractivity contribution in [3.63, 3.8) is 0 Å². The molecular weight excluding hydrogens is 458 g/mol. The Morgan fingerprint density at radius 2 is 1.83 bits per heavy atom. The number of fused-ring (bicyclic) bond motifs is 1. The number of carbonyl (C=O) groups excluding carboxylic acids is 4. The number of carbonyl (C=O) groups is 4. The number of nitrogens with one attached hydrogen (secondary N) is 3. The summed E-state index contributed by atoms with van der Waals surface area (Å²) < 4.78 is 5.17. The Morgan fingerprint density at radius 3 is 2.49 bits per heavy atom. The van der Waals surface area contributed by atoms with E-state index in [-0.39, 0.29) is 18.7 Å². The highest BCUT2D eigenvalue weighted by atomic mass is 16.6. The van der Waals surface area contributed by atoms with Crippen LogP contribution in [0, 0.1) is 10.1 Å². The van der Waals surface area contributed by atoms with Crippen molar-refractivity contribution in [1.82, 2.24) is 15.6 Å². The number of nitro groups is 1. The zero-order valence-electron chi connectivity index (χ0n) is 18.4. The lowest BCUT2D eigenvalue weighted by atomic mass is 10.0. The second-order valence-corrected chi connectivity index (χ2v) is 7.66. The van der Waals surface area contributed by atoms with Crippen LogP contribution in [0.5, 0.6) is 0 Å². The van der Waals surface area contributed by atoms with Crippen molar-refractivity contribution in [3.8, 4) is 0 Å². The summed E-state index contributed by atoms with van der Waals surface area (Å²) in [5.41, 5.74) is 7.19. The maximum atomic E-state index is 12.9. The van der Waals surface area contributed by atoms with Gasteiger partial charge in [0.25, 0.3) is 5.69 Å². The van der Waals surface area contributed by atoms with Gasteiger partial charge >= 0.3 is 5.97 Å². The molecule has 0 saturated carbocycles. The number of benzene rings is 2. The number of nitrogens with zero attached hydrogens (tertiary/aromatic N) is 1. The Balaban J connectivity index is 1.68. The first-order valence-corrected chi connectivity index (χ1v) is 10.5. The summed E-state index contributed by atoms with van der Waals surface area (Å²) in [5, 5.41) is 16.5. The summed E-state index contributed by atoms with van der Waals surface area (Å²) in [7, 11) is 0. The van der Waals surface area contributed by atoms with E-state index in [2.05, 4.69) is 15.6 Å². The molecule has 0 saturated heterocycles. The minimum atomic E-state index is -1.39. The standard InChI is InChI=1S/C23H23N5O7/c24-21(30)10-20(23(32)35-12-14-5-7-16(8-6-14)28(33)34)27-22(31)19(26-13-29)9-15-11-25-18-4-2-1-3-17(15)18/h1-8,11,13,19-20,25H,9-10,12H2,(H2,24,30)(H,26,29)(H,27,31)/t19-,20+/m0/s1. The first-order chi connectivity index (χ1) is 16.8. The van der Waals surface area contributed by atoms with Gasteiger partial charge < -0.3 is 26.1 Å². The van der Waals surface area contributed by atoms with Crippen LogP contribution in [0.1, 0.15) is 17.5 Å². The van der Waals surface area contributed by atoms with Crippen LogP contribution in [-0.2, 0) is 36.9 Å².